The van der Waals surface area contributed by atoms with E-state index in [1.54, 1.807) is 24.3 Å². The first-order chi connectivity index (χ1) is 15.4. The Balaban J connectivity index is 1.56. The summed E-state index contributed by atoms with van der Waals surface area (Å²) < 4.78 is 33.8. The van der Waals surface area contributed by atoms with Gasteiger partial charge in [-0.3, -0.25) is 4.79 Å². The lowest BCUT2D eigenvalue weighted by atomic mass is 9.97. The first-order valence-corrected chi connectivity index (χ1v) is 12.2. The van der Waals surface area contributed by atoms with Crippen LogP contribution in [-0.2, 0) is 32.6 Å². The molecule has 6 heteroatoms. The van der Waals surface area contributed by atoms with Gasteiger partial charge in [-0.1, -0.05) is 78.4 Å². The van der Waals surface area contributed by atoms with Crippen LogP contribution in [0.25, 0.3) is 0 Å². The van der Waals surface area contributed by atoms with Crippen molar-refractivity contribution in [1.82, 2.24) is 4.31 Å². The quantitative estimate of drug-likeness (QED) is 0.503. The van der Waals surface area contributed by atoms with Crippen LogP contribution in [0.2, 0.25) is 0 Å². The van der Waals surface area contributed by atoms with E-state index in [2.05, 4.69) is 0 Å². The van der Waals surface area contributed by atoms with Crippen LogP contribution in [0.15, 0.2) is 89.8 Å². The Kier molecular flexibility index (Phi) is 6.72. The van der Waals surface area contributed by atoms with E-state index >= 15 is 0 Å². The van der Waals surface area contributed by atoms with E-state index < -0.39 is 22.0 Å². The minimum absolute atomic E-state index is 0.0342. The summed E-state index contributed by atoms with van der Waals surface area (Å²) in [5.41, 5.74) is 2.97. The van der Waals surface area contributed by atoms with E-state index in [-0.39, 0.29) is 24.0 Å². The number of hydrogen-bond acceptors (Lipinski definition) is 4. The zero-order valence-electron chi connectivity index (χ0n) is 18.1. The highest BCUT2D eigenvalue weighted by molar-refractivity contribution is 7.89. The molecule has 0 aliphatic carbocycles. The summed E-state index contributed by atoms with van der Waals surface area (Å²) in [5, 5.41) is 0. The van der Waals surface area contributed by atoms with E-state index in [1.807, 2.05) is 67.6 Å². The minimum atomic E-state index is -3.83. The van der Waals surface area contributed by atoms with E-state index in [1.165, 1.54) is 4.31 Å². The van der Waals surface area contributed by atoms with Crippen LogP contribution in [-0.4, -0.2) is 31.3 Å². The van der Waals surface area contributed by atoms with Gasteiger partial charge in [-0.25, -0.2) is 8.42 Å². The van der Waals surface area contributed by atoms with Crippen LogP contribution >= 0.6 is 0 Å². The second kappa shape index (κ2) is 9.67. The summed E-state index contributed by atoms with van der Waals surface area (Å²) in [6, 6.07) is 25.3. The average Bonchev–Trinajstić information content (AvgIpc) is 3.24. The average molecular weight is 450 g/mol. The Morgan fingerprint density at radius 1 is 0.906 bits per heavy atom. The van der Waals surface area contributed by atoms with Gasteiger partial charge >= 0.3 is 5.97 Å². The van der Waals surface area contributed by atoms with Crippen LogP contribution in [0.4, 0.5) is 0 Å². The number of sulfonamides is 1. The molecule has 0 amide bonds. The second-order valence-electron chi connectivity index (χ2n) is 8.29. The molecule has 1 heterocycles. The molecule has 1 aliphatic rings. The zero-order valence-corrected chi connectivity index (χ0v) is 18.9. The fraction of sp³-hybridized carbons (Fsp3) is 0.269. The number of aryl methyl sites for hydroxylation is 1. The van der Waals surface area contributed by atoms with Crippen molar-refractivity contribution in [3.05, 3.63) is 102 Å². The molecule has 3 aromatic rings. The number of carbonyl (C=O) groups is 1. The molecule has 0 aromatic heterocycles. The zero-order chi connectivity index (χ0) is 22.6. The van der Waals surface area contributed by atoms with Crippen LogP contribution in [0.5, 0.6) is 0 Å². The van der Waals surface area contributed by atoms with Gasteiger partial charge in [0.05, 0.1) is 4.90 Å². The van der Waals surface area contributed by atoms with Crippen LogP contribution in [0.1, 0.15) is 23.1 Å². The Morgan fingerprint density at radius 3 is 2.12 bits per heavy atom. The normalized spacial score (nSPS) is 19.0. The Bertz CT molecular complexity index is 1150. The summed E-state index contributed by atoms with van der Waals surface area (Å²) in [6.07, 6.45) is 1.15. The summed E-state index contributed by atoms with van der Waals surface area (Å²) in [6.45, 7) is 2.32. The molecule has 5 nitrogen and oxygen atoms in total. The van der Waals surface area contributed by atoms with Crippen molar-refractivity contribution in [2.75, 3.05) is 6.54 Å². The van der Waals surface area contributed by atoms with Crippen molar-refractivity contribution < 1.29 is 17.9 Å². The Hall–Kier alpha value is -2.96. The number of hydrogen-bond donors (Lipinski definition) is 0. The molecule has 1 saturated heterocycles. The number of esters is 1. The smallest absolute Gasteiger partial charge is 0.324 e. The summed E-state index contributed by atoms with van der Waals surface area (Å²) in [5.74, 6) is -0.466. The van der Waals surface area contributed by atoms with Gasteiger partial charge < -0.3 is 4.74 Å². The first-order valence-electron chi connectivity index (χ1n) is 10.8. The Labute approximate surface area is 189 Å². The molecule has 0 unspecified atom stereocenters. The lowest BCUT2D eigenvalue weighted by Crippen LogP contribution is -2.41. The molecule has 0 radical (unpaired) electrons. The third kappa shape index (κ3) is 5.09. The van der Waals surface area contributed by atoms with Gasteiger partial charge in [-0.15, -0.1) is 0 Å². The number of ether oxygens (including phenoxy) is 1. The summed E-state index contributed by atoms with van der Waals surface area (Å²) in [7, 11) is -3.83. The lowest BCUT2D eigenvalue weighted by molar-refractivity contribution is -0.148. The topological polar surface area (TPSA) is 63.7 Å². The molecule has 1 aliphatic heterocycles. The monoisotopic (exact) mass is 449 g/mol. The van der Waals surface area contributed by atoms with E-state index in [0.717, 1.165) is 16.7 Å². The minimum Gasteiger partial charge on any atom is -0.460 e. The fourth-order valence-corrected chi connectivity index (χ4v) is 5.80. The van der Waals surface area contributed by atoms with Crippen molar-refractivity contribution in [2.45, 2.75) is 37.3 Å². The van der Waals surface area contributed by atoms with Crippen molar-refractivity contribution in [3.63, 3.8) is 0 Å². The van der Waals surface area contributed by atoms with Gasteiger partial charge in [0.2, 0.25) is 10.0 Å². The van der Waals surface area contributed by atoms with E-state index in [9.17, 15) is 13.2 Å². The van der Waals surface area contributed by atoms with Gasteiger partial charge in [0.1, 0.15) is 12.6 Å². The lowest BCUT2D eigenvalue weighted by Gasteiger charge is -2.23. The maximum absolute atomic E-state index is 13.5. The maximum Gasteiger partial charge on any atom is 0.324 e. The van der Waals surface area contributed by atoms with E-state index in [0.29, 0.717) is 12.8 Å². The number of carbonyl (C=O) groups excluding carboxylic acids is 1. The van der Waals surface area contributed by atoms with Crippen molar-refractivity contribution in [3.8, 4) is 0 Å². The highest BCUT2D eigenvalue weighted by Crippen LogP contribution is 2.32. The largest absolute Gasteiger partial charge is 0.460 e. The van der Waals surface area contributed by atoms with Gasteiger partial charge in [0.15, 0.2) is 0 Å². The molecule has 0 spiro atoms. The van der Waals surface area contributed by atoms with Gasteiger partial charge in [-0.05, 0) is 48.9 Å². The number of rotatable bonds is 7. The molecule has 4 rings (SSSR count). The standard InChI is InChI=1S/C26H27NO4S/c1-20-12-14-24(15-13-20)32(29,30)27-18-23(16-21-8-4-2-5-9-21)17-25(27)26(28)31-19-22-10-6-3-7-11-22/h2-15,23,25H,16-19H2,1H3/t23-,25+/m1/s1. The molecule has 2 atom stereocenters. The SMILES string of the molecule is Cc1ccc(S(=O)(=O)N2C[C@H](Cc3ccccc3)C[C@H]2C(=O)OCc2ccccc2)cc1. The van der Waals surface area contributed by atoms with Crippen molar-refractivity contribution >= 4 is 16.0 Å². The predicted molar refractivity (Wildman–Crippen MR) is 123 cm³/mol. The highest BCUT2D eigenvalue weighted by Gasteiger charge is 2.44. The molecule has 0 saturated carbocycles. The molecule has 0 N–H and O–H groups in total. The van der Waals surface area contributed by atoms with E-state index in [4.69, 9.17) is 4.74 Å². The van der Waals surface area contributed by atoms with Crippen molar-refractivity contribution in [2.24, 2.45) is 5.92 Å². The van der Waals surface area contributed by atoms with Gasteiger partial charge in [-0.2, -0.15) is 4.31 Å². The highest BCUT2D eigenvalue weighted by atomic mass is 32.2. The Morgan fingerprint density at radius 2 is 1.50 bits per heavy atom. The molecule has 3 aromatic carbocycles. The van der Waals surface area contributed by atoms with Crippen LogP contribution in [0.3, 0.4) is 0 Å². The first kappa shape index (κ1) is 22.2. The molecule has 1 fully saturated rings. The molecule has 166 valence electrons. The third-order valence-corrected chi connectivity index (χ3v) is 7.72. The van der Waals surface area contributed by atoms with Gasteiger partial charge in [0, 0.05) is 6.54 Å². The molecular formula is C26H27NO4S. The maximum atomic E-state index is 13.5. The predicted octanol–water partition coefficient (Wildman–Crippen LogP) is 4.36. The summed E-state index contributed by atoms with van der Waals surface area (Å²) >= 11 is 0. The molecule has 32 heavy (non-hydrogen) atoms. The number of nitrogens with zero attached hydrogens (tertiary/aromatic N) is 1. The summed E-state index contributed by atoms with van der Waals surface area (Å²) in [4.78, 5) is 13.2. The van der Waals surface area contributed by atoms with Crippen LogP contribution < -0.4 is 0 Å². The third-order valence-electron chi connectivity index (χ3n) is 5.83. The number of benzene rings is 3. The van der Waals surface area contributed by atoms with Gasteiger partial charge in [0.25, 0.3) is 0 Å². The van der Waals surface area contributed by atoms with Crippen molar-refractivity contribution in [1.29, 1.82) is 0 Å². The molecular weight excluding hydrogens is 422 g/mol. The fourth-order valence-electron chi connectivity index (χ4n) is 4.13. The molecule has 0 bridgehead atoms. The van der Waals surface area contributed by atoms with Crippen LogP contribution in [0, 0.1) is 12.8 Å². The second-order valence-corrected chi connectivity index (χ2v) is 10.2.